The summed E-state index contributed by atoms with van der Waals surface area (Å²) >= 11 is 0. The van der Waals surface area contributed by atoms with Crippen molar-refractivity contribution in [3.8, 4) is 0 Å². The van der Waals surface area contributed by atoms with Crippen molar-refractivity contribution in [1.29, 1.82) is 0 Å². The van der Waals surface area contributed by atoms with E-state index < -0.39 is 11.9 Å². The zero-order chi connectivity index (χ0) is 22.5. The van der Waals surface area contributed by atoms with Crippen LogP contribution < -0.4 is 0 Å². The molecule has 0 saturated carbocycles. The van der Waals surface area contributed by atoms with Crippen molar-refractivity contribution in [1.82, 2.24) is 24.4 Å². The van der Waals surface area contributed by atoms with Crippen molar-refractivity contribution in [2.75, 3.05) is 19.6 Å². The zero-order valence-electron chi connectivity index (χ0n) is 17.8. The summed E-state index contributed by atoms with van der Waals surface area (Å²) in [6, 6.07) is 2.68. The van der Waals surface area contributed by atoms with Crippen LogP contribution in [0.2, 0.25) is 0 Å². The number of hydrogen-bond acceptors (Lipinski definition) is 4. The highest BCUT2D eigenvalue weighted by atomic mass is 19.4. The van der Waals surface area contributed by atoms with Gasteiger partial charge in [-0.05, 0) is 39.7 Å². The maximum atomic E-state index is 13.6. The molecule has 2 amide bonds. The number of halogens is 3. The molecule has 0 bridgehead atoms. The third-order valence-electron chi connectivity index (χ3n) is 6.22. The molecule has 2 aliphatic rings. The van der Waals surface area contributed by atoms with E-state index in [1.54, 1.807) is 16.7 Å². The Morgan fingerprint density at radius 2 is 1.87 bits per heavy atom. The molecule has 10 heteroatoms. The summed E-state index contributed by atoms with van der Waals surface area (Å²) in [5.74, 6) is -0.549. The maximum absolute atomic E-state index is 13.6. The molecule has 0 aliphatic carbocycles. The van der Waals surface area contributed by atoms with E-state index in [1.165, 1.54) is 6.07 Å². The van der Waals surface area contributed by atoms with E-state index in [0.717, 1.165) is 10.6 Å². The minimum atomic E-state index is -4.54. The molecular weight excluding hydrogens is 411 g/mol. The fourth-order valence-corrected chi connectivity index (χ4v) is 4.57. The van der Waals surface area contributed by atoms with Crippen LogP contribution >= 0.6 is 0 Å². The SMILES string of the molecule is Cc1cc2nc(C3CCN(C(=O)C4CC(=O)N(C(C)C)C4)CC3)cc(C(F)(F)F)n2n1. The smallest absolute Gasteiger partial charge is 0.342 e. The lowest BCUT2D eigenvalue weighted by atomic mass is 9.92. The van der Waals surface area contributed by atoms with E-state index in [4.69, 9.17) is 0 Å². The second-order valence-corrected chi connectivity index (χ2v) is 8.76. The van der Waals surface area contributed by atoms with E-state index in [0.29, 0.717) is 43.9 Å². The average molecular weight is 437 g/mol. The van der Waals surface area contributed by atoms with Crippen LogP contribution in [0.25, 0.3) is 5.65 Å². The fourth-order valence-electron chi connectivity index (χ4n) is 4.57. The Hall–Kier alpha value is -2.65. The molecule has 0 N–H and O–H groups in total. The quantitative estimate of drug-likeness (QED) is 0.740. The summed E-state index contributed by atoms with van der Waals surface area (Å²) in [5, 5.41) is 3.92. The van der Waals surface area contributed by atoms with E-state index in [9.17, 15) is 22.8 Å². The van der Waals surface area contributed by atoms with Crippen LogP contribution in [-0.4, -0.2) is 61.9 Å². The van der Waals surface area contributed by atoms with Crippen molar-refractivity contribution in [3.63, 3.8) is 0 Å². The molecule has 168 valence electrons. The molecule has 7 nitrogen and oxygen atoms in total. The minimum absolute atomic E-state index is 0.00322. The first-order valence-corrected chi connectivity index (χ1v) is 10.6. The Labute approximate surface area is 178 Å². The molecule has 0 radical (unpaired) electrons. The number of carbonyl (C=O) groups is 2. The van der Waals surface area contributed by atoms with Crippen LogP contribution in [-0.2, 0) is 15.8 Å². The predicted molar refractivity (Wildman–Crippen MR) is 106 cm³/mol. The molecule has 4 heterocycles. The minimum Gasteiger partial charge on any atom is -0.342 e. The summed E-state index contributed by atoms with van der Waals surface area (Å²) in [5.41, 5.74) is 0.197. The van der Waals surface area contributed by atoms with Gasteiger partial charge in [0.2, 0.25) is 11.8 Å². The molecule has 1 unspecified atom stereocenters. The lowest BCUT2D eigenvalue weighted by molar-refractivity contribution is -0.142. The molecule has 2 aliphatic heterocycles. The summed E-state index contributed by atoms with van der Waals surface area (Å²) in [6.07, 6.45) is -3.24. The largest absolute Gasteiger partial charge is 0.433 e. The van der Waals surface area contributed by atoms with Crippen molar-refractivity contribution >= 4 is 17.5 Å². The van der Waals surface area contributed by atoms with Gasteiger partial charge in [-0.2, -0.15) is 18.3 Å². The average Bonchev–Trinajstić information content (AvgIpc) is 3.27. The molecule has 2 fully saturated rings. The molecule has 4 rings (SSSR count). The van der Waals surface area contributed by atoms with Gasteiger partial charge in [-0.25, -0.2) is 9.50 Å². The van der Waals surface area contributed by atoms with Gasteiger partial charge in [0.05, 0.1) is 11.6 Å². The van der Waals surface area contributed by atoms with Gasteiger partial charge in [0.1, 0.15) is 5.69 Å². The Balaban J connectivity index is 1.47. The van der Waals surface area contributed by atoms with E-state index in [1.807, 2.05) is 13.8 Å². The third kappa shape index (κ3) is 4.12. The summed E-state index contributed by atoms with van der Waals surface area (Å²) < 4.78 is 41.5. The predicted octanol–water partition coefficient (Wildman–Crippen LogP) is 3.02. The number of piperidine rings is 1. The lowest BCUT2D eigenvalue weighted by Crippen LogP contribution is -2.42. The standard InChI is InChI=1S/C21H26F3N5O2/c1-12(2)28-11-15(9-19(28)30)20(31)27-6-4-14(5-7-27)16-10-17(21(22,23)24)29-18(25-16)8-13(3)26-29/h8,10,12,14-15H,4-7,9,11H2,1-3H3. The molecule has 2 aromatic rings. The first kappa shape index (κ1) is 21.6. The number of amides is 2. The van der Waals surface area contributed by atoms with E-state index in [2.05, 4.69) is 10.1 Å². The summed E-state index contributed by atoms with van der Waals surface area (Å²) in [4.78, 5) is 32.9. The van der Waals surface area contributed by atoms with Crippen LogP contribution in [0, 0.1) is 12.8 Å². The number of carbonyl (C=O) groups excluding carboxylic acids is 2. The van der Waals surface area contributed by atoms with E-state index in [-0.39, 0.29) is 41.8 Å². The van der Waals surface area contributed by atoms with Crippen LogP contribution in [0.1, 0.15) is 56.1 Å². The van der Waals surface area contributed by atoms with Crippen LogP contribution in [0.15, 0.2) is 12.1 Å². The lowest BCUT2D eigenvalue weighted by Gasteiger charge is -2.33. The number of hydrogen-bond donors (Lipinski definition) is 0. The second kappa shape index (κ2) is 7.80. The van der Waals surface area contributed by atoms with Crippen molar-refractivity contribution in [2.45, 2.75) is 58.2 Å². The molecule has 0 aromatic carbocycles. The Bertz CT molecular complexity index is 1010. The van der Waals surface area contributed by atoms with Crippen molar-refractivity contribution in [2.24, 2.45) is 5.92 Å². The van der Waals surface area contributed by atoms with Gasteiger partial charge in [-0.1, -0.05) is 0 Å². The highest BCUT2D eigenvalue weighted by Gasteiger charge is 2.39. The summed E-state index contributed by atoms with van der Waals surface area (Å²) in [7, 11) is 0. The first-order valence-electron chi connectivity index (χ1n) is 10.6. The number of aromatic nitrogens is 3. The topological polar surface area (TPSA) is 70.8 Å². The van der Waals surface area contributed by atoms with Crippen molar-refractivity contribution < 1.29 is 22.8 Å². The molecule has 1 atom stereocenters. The molecule has 31 heavy (non-hydrogen) atoms. The van der Waals surface area contributed by atoms with Gasteiger partial charge in [-0.15, -0.1) is 0 Å². The van der Waals surface area contributed by atoms with E-state index >= 15 is 0 Å². The van der Waals surface area contributed by atoms with Gasteiger partial charge in [0.25, 0.3) is 0 Å². The number of fused-ring (bicyclic) bond motifs is 1. The number of nitrogens with zero attached hydrogens (tertiary/aromatic N) is 5. The molecule has 0 spiro atoms. The monoisotopic (exact) mass is 437 g/mol. The third-order valence-corrected chi connectivity index (χ3v) is 6.22. The number of aryl methyl sites for hydroxylation is 1. The van der Waals surface area contributed by atoms with Gasteiger partial charge < -0.3 is 9.80 Å². The Kier molecular flexibility index (Phi) is 5.43. The first-order chi connectivity index (χ1) is 14.5. The van der Waals surface area contributed by atoms with Crippen LogP contribution in [0.4, 0.5) is 13.2 Å². The second-order valence-electron chi connectivity index (χ2n) is 8.76. The van der Waals surface area contributed by atoms with Crippen molar-refractivity contribution in [3.05, 3.63) is 29.2 Å². The molecular formula is C21H26F3N5O2. The zero-order valence-corrected chi connectivity index (χ0v) is 17.8. The Morgan fingerprint density at radius 1 is 1.19 bits per heavy atom. The number of rotatable bonds is 3. The molecule has 2 saturated heterocycles. The fraction of sp³-hybridized carbons (Fsp3) is 0.619. The van der Waals surface area contributed by atoms with Gasteiger partial charge in [0.15, 0.2) is 5.65 Å². The number of alkyl halides is 3. The number of likely N-dealkylation sites (tertiary alicyclic amines) is 2. The molecule has 2 aromatic heterocycles. The Morgan fingerprint density at radius 3 is 2.45 bits per heavy atom. The van der Waals surface area contributed by atoms with Gasteiger partial charge in [0, 0.05) is 49.8 Å². The van der Waals surface area contributed by atoms with Crippen LogP contribution in [0.3, 0.4) is 0 Å². The highest BCUT2D eigenvalue weighted by molar-refractivity contribution is 5.89. The van der Waals surface area contributed by atoms with Gasteiger partial charge >= 0.3 is 6.18 Å². The maximum Gasteiger partial charge on any atom is 0.433 e. The van der Waals surface area contributed by atoms with Gasteiger partial charge in [-0.3, -0.25) is 9.59 Å². The normalized spacial score (nSPS) is 21.0. The highest BCUT2D eigenvalue weighted by Crippen LogP contribution is 2.34. The van der Waals surface area contributed by atoms with Crippen LogP contribution in [0.5, 0.6) is 0 Å². The summed E-state index contributed by atoms with van der Waals surface area (Å²) in [6.45, 7) is 6.81.